The lowest BCUT2D eigenvalue weighted by molar-refractivity contribution is 0.0729. The van der Waals surface area contributed by atoms with Gasteiger partial charge in [-0.2, -0.15) is 4.31 Å². The molecule has 1 amide bonds. The van der Waals surface area contributed by atoms with Crippen molar-refractivity contribution in [2.45, 2.75) is 23.8 Å². The number of carbonyl (C=O) groups is 1. The molecular formula is C22H26N2O5S. The summed E-state index contributed by atoms with van der Waals surface area (Å²) in [6.07, 6.45) is 2.14. The number of benzene rings is 2. The van der Waals surface area contributed by atoms with Crippen molar-refractivity contribution in [1.82, 2.24) is 9.62 Å². The molecule has 7 nitrogen and oxygen atoms in total. The predicted molar refractivity (Wildman–Crippen MR) is 112 cm³/mol. The first-order valence-corrected chi connectivity index (χ1v) is 11.6. The minimum absolute atomic E-state index is 0.00207. The first kappa shape index (κ1) is 20.8. The van der Waals surface area contributed by atoms with Crippen LogP contribution in [0.2, 0.25) is 0 Å². The molecule has 2 aromatic rings. The molecule has 1 aliphatic heterocycles. The van der Waals surface area contributed by atoms with Gasteiger partial charge in [0.1, 0.15) is 10.6 Å². The number of carbonyl (C=O) groups excluding carboxylic acids is 1. The van der Waals surface area contributed by atoms with Crippen LogP contribution in [-0.2, 0) is 14.8 Å². The van der Waals surface area contributed by atoms with Crippen LogP contribution in [0.5, 0.6) is 5.75 Å². The van der Waals surface area contributed by atoms with E-state index in [0.29, 0.717) is 24.7 Å². The number of hydrogen-bond donors (Lipinski definition) is 1. The van der Waals surface area contributed by atoms with E-state index >= 15 is 0 Å². The van der Waals surface area contributed by atoms with E-state index in [9.17, 15) is 13.2 Å². The summed E-state index contributed by atoms with van der Waals surface area (Å²) in [5, 5.41) is 3.10. The zero-order valence-corrected chi connectivity index (χ0v) is 17.7. The Hall–Kier alpha value is -2.42. The van der Waals surface area contributed by atoms with Crippen molar-refractivity contribution >= 4 is 15.9 Å². The predicted octanol–water partition coefficient (Wildman–Crippen LogP) is 2.60. The van der Waals surface area contributed by atoms with Gasteiger partial charge in [0.25, 0.3) is 5.91 Å². The van der Waals surface area contributed by atoms with Crippen LogP contribution in [0.1, 0.15) is 34.8 Å². The summed E-state index contributed by atoms with van der Waals surface area (Å²) in [7, 11) is -2.37. The van der Waals surface area contributed by atoms with Gasteiger partial charge in [0.05, 0.1) is 26.4 Å². The van der Waals surface area contributed by atoms with Crippen LogP contribution in [0.15, 0.2) is 53.4 Å². The van der Waals surface area contributed by atoms with Gasteiger partial charge in [0, 0.05) is 18.7 Å². The third kappa shape index (κ3) is 4.35. The molecule has 160 valence electrons. The van der Waals surface area contributed by atoms with Crippen LogP contribution in [0.4, 0.5) is 0 Å². The summed E-state index contributed by atoms with van der Waals surface area (Å²) in [5.74, 6) is 0.336. The molecule has 1 saturated carbocycles. The lowest BCUT2D eigenvalue weighted by Crippen LogP contribution is -2.40. The highest BCUT2D eigenvalue weighted by atomic mass is 32.2. The fourth-order valence-corrected chi connectivity index (χ4v) is 5.32. The largest absolute Gasteiger partial charge is 0.495 e. The highest BCUT2D eigenvalue weighted by Gasteiger charge is 2.34. The van der Waals surface area contributed by atoms with Crippen molar-refractivity contribution in [1.29, 1.82) is 0 Å². The van der Waals surface area contributed by atoms with Crippen molar-refractivity contribution in [2.24, 2.45) is 5.92 Å². The Bertz CT molecular complexity index is 999. The minimum Gasteiger partial charge on any atom is -0.495 e. The number of nitrogens with zero attached hydrogens (tertiary/aromatic N) is 1. The maximum absolute atomic E-state index is 13.2. The van der Waals surface area contributed by atoms with Gasteiger partial charge in [-0.05, 0) is 42.5 Å². The molecular weight excluding hydrogens is 404 g/mol. The number of nitrogens with one attached hydrogen (secondary N) is 1. The summed E-state index contributed by atoms with van der Waals surface area (Å²) >= 11 is 0. The Labute approximate surface area is 177 Å². The molecule has 1 saturated heterocycles. The fraction of sp³-hybridized carbons (Fsp3) is 0.409. The summed E-state index contributed by atoms with van der Waals surface area (Å²) < 4.78 is 38.2. The van der Waals surface area contributed by atoms with Crippen LogP contribution in [0.3, 0.4) is 0 Å². The van der Waals surface area contributed by atoms with E-state index in [2.05, 4.69) is 5.32 Å². The Morgan fingerprint density at radius 3 is 2.47 bits per heavy atom. The molecule has 0 bridgehead atoms. The molecule has 1 aliphatic carbocycles. The molecule has 30 heavy (non-hydrogen) atoms. The lowest BCUT2D eigenvalue weighted by Gasteiger charge is -2.27. The third-order valence-corrected chi connectivity index (χ3v) is 7.47. The molecule has 1 N–H and O–H groups in total. The molecule has 0 spiro atoms. The molecule has 1 unspecified atom stereocenters. The number of sulfonamides is 1. The zero-order chi connectivity index (χ0) is 21.1. The molecule has 2 aromatic carbocycles. The topological polar surface area (TPSA) is 84.9 Å². The highest BCUT2D eigenvalue weighted by molar-refractivity contribution is 7.89. The van der Waals surface area contributed by atoms with Gasteiger partial charge in [-0.1, -0.05) is 30.3 Å². The highest BCUT2D eigenvalue weighted by Crippen LogP contribution is 2.41. The second kappa shape index (κ2) is 8.75. The van der Waals surface area contributed by atoms with Crippen molar-refractivity contribution in [2.75, 3.05) is 33.4 Å². The summed E-state index contributed by atoms with van der Waals surface area (Å²) in [6.45, 7) is 1.25. The average Bonchev–Trinajstić information content (AvgIpc) is 3.63. The SMILES string of the molecule is COc1ccc(C(=O)NC(c2ccccc2)C2CC2)cc1S(=O)(=O)N1CCOCC1. The van der Waals surface area contributed by atoms with E-state index in [-0.39, 0.29) is 35.7 Å². The van der Waals surface area contributed by atoms with Crippen molar-refractivity contribution in [3.05, 3.63) is 59.7 Å². The van der Waals surface area contributed by atoms with Gasteiger partial charge < -0.3 is 14.8 Å². The van der Waals surface area contributed by atoms with Crippen LogP contribution < -0.4 is 10.1 Å². The second-order valence-corrected chi connectivity index (χ2v) is 9.49. The van der Waals surface area contributed by atoms with E-state index < -0.39 is 10.0 Å². The number of rotatable bonds is 7. The summed E-state index contributed by atoms with van der Waals surface area (Å²) in [5.41, 5.74) is 1.35. The van der Waals surface area contributed by atoms with E-state index in [1.807, 2.05) is 30.3 Å². The summed E-state index contributed by atoms with van der Waals surface area (Å²) in [4.78, 5) is 13.0. The normalized spacial score (nSPS) is 18.6. The van der Waals surface area contributed by atoms with Gasteiger partial charge >= 0.3 is 0 Å². The molecule has 0 radical (unpaired) electrons. The molecule has 1 atom stereocenters. The van der Waals surface area contributed by atoms with Crippen LogP contribution in [-0.4, -0.2) is 52.0 Å². The standard InChI is InChI=1S/C22H26N2O5S/c1-28-19-10-9-18(15-20(19)30(26,27)24-11-13-29-14-12-24)22(25)23-21(17-7-8-17)16-5-3-2-4-6-16/h2-6,9-10,15,17,21H,7-8,11-14H2,1H3,(H,23,25). The molecule has 2 fully saturated rings. The smallest absolute Gasteiger partial charge is 0.251 e. The molecule has 1 heterocycles. The zero-order valence-electron chi connectivity index (χ0n) is 16.9. The monoisotopic (exact) mass is 430 g/mol. The van der Waals surface area contributed by atoms with Crippen LogP contribution >= 0.6 is 0 Å². The van der Waals surface area contributed by atoms with Crippen LogP contribution in [0.25, 0.3) is 0 Å². The quantitative estimate of drug-likeness (QED) is 0.730. The van der Waals surface area contributed by atoms with E-state index in [1.54, 1.807) is 6.07 Å². The number of morpholine rings is 1. The van der Waals surface area contributed by atoms with Gasteiger partial charge in [-0.3, -0.25) is 4.79 Å². The maximum Gasteiger partial charge on any atom is 0.251 e. The van der Waals surface area contributed by atoms with Gasteiger partial charge in [-0.25, -0.2) is 8.42 Å². The molecule has 8 heteroatoms. The molecule has 0 aromatic heterocycles. The van der Waals surface area contributed by atoms with Gasteiger partial charge in [-0.15, -0.1) is 0 Å². The Kier molecular flexibility index (Phi) is 6.08. The first-order chi connectivity index (χ1) is 14.5. The van der Waals surface area contributed by atoms with E-state index in [4.69, 9.17) is 9.47 Å². The van der Waals surface area contributed by atoms with Crippen molar-refractivity contribution in [3.63, 3.8) is 0 Å². The van der Waals surface area contributed by atoms with Gasteiger partial charge in [0.15, 0.2) is 0 Å². The fourth-order valence-electron chi connectivity index (χ4n) is 3.73. The Morgan fingerprint density at radius 1 is 1.13 bits per heavy atom. The van der Waals surface area contributed by atoms with E-state index in [0.717, 1.165) is 18.4 Å². The number of ether oxygens (including phenoxy) is 2. The minimum atomic E-state index is -3.80. The van der Waals surface area contributed by atoms with E-state index in [1.165, 1.54) is 23.5 Å². The van der Waals surface area contributed by atoms with Crippen molar-refractivity contribution in [3.8, 4) is 5.75 Å². The maximum atomic E-state index is 13.2. The third-order valence-electron chi connectivity index (χ3n) is 5.55. The molecule has 2 aliphatic rings. The Balaban J connectivity index is 1.61. The Morgan fingerprint density at radius 2 is 1.83 bits per heavy atom. The number of amides is 1. The van der Waals surface area contributed by atoms with Crippen LogP contribution in [0, 0.1) is 5.92 Å². The lowest BCUT2D eigenvalue weighted by atomic mass is 10.0. The first-order valence-electron chi connectivity index (χ1n) is 10.1. The average molecular weight is 431 g/mol. The van der Waals surface area contributed by atoms with Crippen molar-refractivity contribution < 1.29 is 22.7 Å². The number of hydrogen-bond acceptors (Lipinski definition) is 5. The molecule has 4 rings (SSSR count). The number of methoxy groups -OCH3 is 1. The second-order valence-electron chi connectivity index (χ2n) is 7.58. The van der Waals surface area contributed by atoms with Gasteiger partial charge in [0.2, 0.25) is 10.0 Å². The summed E-state index contributed by atoms with van der Waals surface area (Å²) in [6, 6.07) is 14.3.